The topological polar surface area (TPSA) is 17.8 Å². The largest absolute Gasteiger partial charge is 0.327 e. The maximum Gasteiger partial charge on any atom is 0.141 e. The summed E-state index contributed by atoms with van der Waals surface area (Å²) in [6.07, 6.45) is 2.37. The van der Waals surface area contributed by atoms with Crippen molar-refractivity contribution in [3.63, 3.8) is 0 Å². The Balaban J connectivity index is 2.11. The number of nitrogens with zero attached hydrogens (tertiary/aromatic N) is 2. The second-order valence-electron chi connectivity index (χ2n) is 5.29. The number of hydrogen-bond acceptors (Lipinski definition) is 1. The summed E-state index contributed by atoms with van der Waals surface area (Å²) in [6.45, 7) is 5.52. The van der Waals surface area contributed by atoms with Gasteiger partial charge in [0.15, 0.2) is 0 Å². The highest BCUT2D eigenvalue weighted by Crippen LogP contribution is 2.32. The molecule has 2 nitrogen and oxygen atoms in total. The second-order valence-corrected chi connectivity index (χ2v) is 6.04. The van der Waals surface area contributed by atoms with Gasteiger partial charge in [0.2, 0.25) is 0 Å². The number of halogens is 1. The van der Waals surface area contributed by atoms with Crippen molar-refractivity contribution in [2.75, 3.05) is 0 Å². The Bertz CT molecular complexity index is 586. The SMILES string of the molecule is Cc1cccc(-c2nc(Br)c3n2CCC(C)C3)c1. The molecule has 0 fully saturated rings. The fourth-order valence-electron chi connectivity index (χ4n) is 2.68. The molecular formula is C15H17BrN2. The molecule has 0 amide bonds. The van der Waals surface area contributed by atoms with Crippen LogP contribution in [0.4, 0.5) is 0 Å². The molecule has 18 heavy (non-hydrogen) atoms. The fraction of sp³-hybridized carbons (Fsp3) is 0.400. The molecular weight excluding hydrogens is 288 g/mol. The van der Waals surface area contributed by atoms with Crippen LogP contribution in [0.1, 0.15) is 24.6 Å². The van der Waals surface area contributed by atoms with E-state index in [0.717, 1.165) is 29.3 Å². The van der Waals surface area contributed by atoms with Crippen LogP contribution in [0.5, 0.6) is 0 Å². The molecule has 0 saturated carbocycles. The van der Waals surface area contributed by atoms with Crippen LogP contribution in [-0.2, 0) is 13.0 Å². The highest BCUT2D eigenvalue weighted by atomic mass is 79.9. The van der Waals surface area contributed by atoms with E-state index in [1.807, 2.05) is 0 Å². The molecule has 1 atom stereocenters. The van der Waals surface area contributed by atoms with E-state index in [2.05, 4.69) is 58.6 Å². The Morgan fingerprint density at radius 1 is 1.39 bits per heavy atom. The minimum atomic E-state index is 0.760. The molecule has 1 aromatic heterocycles. The summed E-state index contributed by atoms with van der Waals surface area (Å²) in [5.74, 6) is 1.86. The monoisotopic (exact) mass is 304 g/mol. The van der Waals surface area contributed by atoms with E-state index < -0.39 is 0 Å². The van der Waals surface area contributed by atoms with Crippen LogP contribution in [0.25, 0.3) is 11.4 Å². The van der Waals surface area contributed by atoms with Crippen LogP contribution >= 0.6 is 15.9 Å². The molecule has 2 heterocycles. The first-order valence-corrected chi connectivity index (χ1v) is 7.26. The van der Waals surface area contributed by atoms with E-state index in [-0.39, 0.29) is 0 Å². The van der Waals surface area contributed by atoms with Gasteiger partial charge in [0.05, 0.1) is 5.69 Å². The van der Waals surface area contributed by atoms with Gasteiger partial charge in [-0.25, -0.2) is 4.98 Å². The molecule has 0 radical (unpaired) electrons. The van der Waals surface area contributed by atoms with E-state index in [1.54, 1.807) is 0 Å². The molecule has 0 spiro atoms. The number of aromatic nitrogens is 2. The number of benzene rings is 1. The molecule has 3 heteroatoms. The summed E-state index contributed by atoms with van der Waals surface area (Å²) in [4.78, 5) is 4.72. The van der Waals surface area contributed by atoms with Crippen molar-refractivity contribution in [3.05, 3.63) is 40.1 Å². The van der Waals surface area contributed by atoms with Gasteiger partial charge >= 0.3 is 0 Å². The highest BCUT2D eigenvalue weighted by molar-refractivity contribution is 9.10. The first-order valence-electron chi connectivity index (χ1n) is 6.47. The van der Waals surface area contributed by atoms with Crippen molar-refractivity contribution in [2.45, 2.75) is 33.2 Å². The van der Waals surface area contributed by atoms with Gasteiger partial charge in [0, 0.05) is 12.1 Å². The molecule has 3 rings (SSSR count). The van der Waals surface area contributed by atoms with E-state index >= 15 is 0 Å². The smallest absolute Gasteiger partial charge is 0.141 e. The molecule has 94 valence electrons. The summed E-state index contributed by atoms with van der Waals surface area (Å²) in [5, 5.41) is 0. The number of aryl methyl sites for hydroxylation is 1. The Labute approximate surface area is 116 Å². The fourth-order valence-corrected chi connectivity index (χ4v) is 3.22. The molecule has 1 aliphatic heterocycles. The predicted octanol–water partition coefficient (Wildman–Crippen LogP) is 4.20. The normalized spacial score (nSPS) is 18.7. The van der Waals surface area contributed by atoms with E-state index in [0.29, 0.717) is 0 Å². The first-order chi connectivity index (χ1) is 8.65. The Kier molecular flexibility index (Phi) is 3.02. The molecule has 2 aromatic rings. The third-order valence-corrected chi connectivity index (χ3v) is 4.32. The van der Waals surface area contributed by atoms with Crippen LogP contribution in [0.3, 0.4) is 0 Å². The molecule has 0 aliphatic carbocycles. The quantitative estimate of drug-likeness (QED) is 0.772. The number of imidazole rings is 1. The maximum absolute atomic E-state index is 4.72. The van der Waals surface area contributed by atoms with Crippen molar-refractivity contribution in [2.24, 2.45) is 5.92 Å². The Hall–Kier alpha value is -1.09. The lowest BCUT2D eigenvalue weighted by Gasteiger charge is -2.22. The Morgan fingerprint density at radius 2 is 2.22 bits per heavy atom. The Morgan fingerprint density at radius 3 is 3.00 bits per heavy atom. The van der Waals surface area contributed by atoms with Crippen LogP contribution in [0, 0.1) is 12.8 Å². The lowest BCUT2D eigenvalue weighted by molar-refractivity contribution is 0.418. The maximum atomic E-state index is 4.72. The van der Waals surface area contributed by atoms with Crippen LogP contribution in [0.2, 0.25) is 0 Å². The highest BCUT2D eigenvalue weighted by Gasteiger charge is 2.22. The molecule has 0 N–H and O–H groups in total. The number of fused-ring (bicyclic) bond motifs is 1. The van der Waals surface area contributed by atoms with Crippen molar-refractivity contribution in [3.8, 4) is 11.4 Å². The summed E-state index contributed by atoms with van der Waals surface area (Å²) in [6, 6.07) is 8.58. The lowest BCUT2D eigenvalue weighted by Crippen LogP contribution is -2.17. The zero-order valence-corrected chi connectivity index (χ0v) is 12.4. The molecule has 0 bridgehead atoms. The average Bonchev–Trinajstić information content (AvgIpc) is 2.67. The second kappa shape index (κ2) is 4.54. The van der Waals surface area contributed by atoms with Gasteiger partial charge in [-0.2, -0.15) is 0 Å². The minimum Gasteiger partial charge on any atom is -0.327 e. The van der Waals surface area contributed by atoms with Crippen LogP contribution in [0.15, 0.2) is 28.9 Å². The predicted molar refractivity (Wildman–Crippen MR) is 77.6 cm³/mol. The van der Waals surface area contributed by atoms with Gasteiger partial charge < -0.3 is 4.57 Å². The zero-order chi connectivity index (χ0) is 12.7. The standard InChI is InChI=1S/C15H17BrN2/c1-10-4-3-5-12(8-10)15-17-14(16)13-9-11(2)6-7-18(13)15/h3-5,8,11H,6-7,9H2,1-2H3. The van der Waals surface area contributed by atoms with Crippen molar-refractivity contribution >= 4 is 15.9 Å². The third-order valence-electron chi connectivity index (χ3n) is 3.69. The summed E-state index contributed by atoms with van der Waals surface area (Å²) in [7, 11) is 0. The van der Waals surface area contributed by atoms with Gasteiger partial charge in [-0.1, -0.05) is 30.7 Å². The van der Waals surface area contributed by atoms with Crippen LogP contribution < -0.4 is 0 Å². The van der Waals surface area contributed by atoms with Gasteiger partial charge in [-0.05, 0) is 47.7 Å². The van der Waals surface area contributed by atoms with Gasteiger partial charge in [-0.3, -0.25) is 0 Å². The molecule has 1 unspecified atom stereocenters. The van der Waals surface area contributed by atoms with Crippen molar-refractivity contribution in [1.82, 2.24) is 9.55 Å². The van der Waals surface area contributed by atoms with Gasteiger partial charge in [0.25, 0.3) is 0 Å². The average molecular weight is 305 g/mol. The molecule has 1 aliphatic rings. The summed E-state index contributed by atoms with van der Waals surface area (Å²) < 4.78 is 3.39. The third kappa shape index (κ3) is 2.01. The van der Waals surface area contributed by atoms with Crippen molar-refractivity contribution < 1.29 is 0 Å². The lowest BCUT2D eigenvalue weighted by atomic mass is 9.98. The van der Waals surface area contributed by atoms with Crippen molar-refractivity contribution in [1.29, 1.82) is 0 Å². The number of rotatable bonds is 1. The molecule has 0 saturated heterocycles. The number of hydrogen-bond donors (Lipinski definition) is 0. The van der Waals surface area contributed by atoms with Crippen LogP contribution in [-0.4, -0.2) is 9.55 Å². The van der Waals surface area contributed by atoms with Gasteiger partial charge in [0.1, 0.15) is 10.4 Å². The summed E-state index contributed by atoms with van der Waals surface area (Å²) >= 11 is 3.61. The zero-order valence-electron chi connectivity index (χ0n) is 10.8. The summed E-state index contributed by atoms with van der Waals surface area (Å²) in [5.41, 5.74) is 3.85. The molecule has 1 aromatic carbocycles. The van der Waals surface area contributed by atoms with E-state index in [1.165, 1.54) is 23.2 Å². The van der Waals surface area contributed by atoms with E-state index in [4.69, 9.17) is 4.98 Å². The first kappa shape index (κ1) is 12.0. The van der Waals surface area contributed by atoms with Gasteiger partial charge in [-0.15, -0.1) is 0 Å². The minimum absolute atomic E-state index is 0.760. The van der Waals surface area contributed by atoms with E-state index in [9.17, 15) is 0 Å².